The van der Waals surface area contributed by atoms with Crippen LogP contribution in [-0.2, 0) is 4.74 Å². The highest BCUT2D eigenvalue weighted by Crippen LogP contribution is 2.51. The number of aliphatic hydroxyl groups is 1. The highest BCUT2D eigenvalue weighted by Gasteiger charge is 2.56. The number of rotatable bonds is 3. The molecule has 1 spiro atoms. The van der Waals surface area contributed by atoms with Crippen LogP contribution < -0.4 is 0 Å². The largest absolute Gasteiger partial charge is 0.456 e. The van der Waals surface area contributed by atoms with Crippen molar-refractivity contribution in [2.24, 2.45) is 5.41 Å². The van der Waals surface area contributed by atoms with E-state index in [0.717, 1.165) is 30.6 Å². The summed E-state index contributed by atoms with van der Waals surface area (Å²) in [5.74, 6) is 1.17. The van der Waals surface area contributed by atoms with Crippen LogP contribution in [-0.4, -0.2) is 47.8 Å². The van der Waals surface area contributed by atoms with Gasteiger partial charge in [-0.1, -0.05) is 0 Å². The molecule has 2 unspecified atom stereocenters. The first-order chi connectivity index (χ1) is 10.5. The average molecular weight is 307 g/mol. The molecule has 1 N–H and O–H groups in total. The number of carbonyl (C=O) groups is 1. The van der Waals surface area contributed by atoms with Crippen LogP contribution in [0.5, 0.6) is 0 Å². The zero-order chi connectivity index (χ0) is 15.9. The van der Waals surface area contributed by atoms with Gasteiger partial charge in [0, 0.05) is 37.1 Å². The number of hydrogen-bond acceptors (Lipinski definition) is 4. The molecule has 1 aromatic heterocycles. The molecular formula is C17H25NO4. The molecule has 1 amide bonds. The highest BCUT2D eigenvalue weighted by molar-refractivity contribution is 5.93. The Labute approximate surface area is 131 Å². The number of ether oxygens (including phenoxy) is 1. The minimum Gasteiger partial charge on any atom is -0.456 e. The molecule has 1 saturated heterocycles. The summed E-state index contributed by atoms with van der Waals surface area (Å²) in [5.41, 5.74) is 0.736. The Morgan fingerprint density at radius 2 is 2.14 bits per heavy atom. The van der Waals surface area contributed by atoms with Crippen molar-refractivity contribution >= 4 is 5.91 Å². The second-order valence-corrected chi connectivity index (χ2v) is 6.59. The molecule has 0 aromatic carbocycles. The molecule has 1 aromatic rings. The first-order valence-corrected chi connectivity index (χ1v) is 8.14. The van der Waals surface area contributed by atoms with E-state index < -0.39 is 0 Å². The van der Waals surface area contributed by atoms with E-state index >= 15 is 0 Å². The second kappa shape index (κ2) is 5.70. The number of piperidine rings is 1. The maximum absolute atomic E-state index is 12.6. The predicted octanol–water partition coefficient (Wildman–Crippen LogP) is 2.29. The van der Waals surface area contributed by atoms with Crippen LogP contribution >= 0.6 is 0 Å². The number of aryl methyl sites for hydroxylation is 2. The third-order valence-electron chi connectivity index (χ3n) is 5.33. The number of amides is 1. The van der Waals surface area contributed by atoms with Gasteiger partial charge in [-0.25, -0.2) is 0 Å². The molecule has 5 heteroatoms. The van der Waals surface area contributed by atoms with Crippen LogP contribution in [0.4, 0.5) is 0 Å². The first kappa shape index (κ1) is 15.6. The monoisotopic (exact) mass is 307 g/mol. The number of aliphatic hydroxyl groups excluding tert-OH is 1. The second-order valence-electron chi connectivity index (χ2n) is 6.59. The molecule has 122 valence electrons. The molecule has 2 heterocycles. The van der Waals surface area contributed by atoms with Gasteiger partial charge in [0.05, 0.1) is 12.2 Å². The maximum Gasteiger partial charge on any atom is 0.289 e. The standard InChI is InChI=1S/C17H25NO4/c1-4-21-14-10-13(19)17(14)5-7-18(8-6-17)16(20)15-11(2)9-12(3)22-15/h9,13-14,19H,4-8,10H2,1-3H3. The Morgan fingerprint density at radius 3 is 2.64 bits per heavy atom. The summed E-state index contributed by atoms with van der Waals surface area (Å²) in [5, 5.41) is 10.2. The number of hydrogen-bond donors (Lipinski definition) is 1. The van der Waals surface area contributed by atoms with Crippen LogP contribution in [0.25, 0.3) is 0 Å². The van der Waals surface area contributed by atoms with Crippen molar-refractivity contribution in [2.45, 2.75) is 52.2 Å². The molecule has 5 nitrogen and oxygen atoms in total. The Balaban J connectivity index is 1.67. The molecule has 1 aliphatic carbocycles. The zero-order valence-electron chi connectivity index (χ0n) is 13.6. The van der Waals surface area contributed by atoms with E-state index in [-0.39, 0.29) is 23.5 Å². The van der Waals surface area contributed by atoms with E-state index in [9.17, 15) is 9.90 Å². The zero-order valence-corrected chi connectivity index (χ0v) is 13.6. The van der Waals surface area contributed by atoms with Gasteiger partial charge in [0.1, 0.15) is 5.76 Å². The van der Waals surface area contributed by atoms with Gasteiger partial charge in [-0.15, -0.1) is 0 Å². The minimum absolute atomic E-state index is 0.0396. The Bertz CT molecular complexity index is 555. The maximum atomic E-state index is 12.6. The smallest absolute Gasteiger partial charge is 0.289 e. The van der Waals surface area contributed by atoms with Gasteiger partial charge in [-0.05, 0) is 39.7 Å². The predicted molar refractivity (Wildman–Crippen MR) is 81.8 cm³/mol. The molecular weight excluding hydrogens is 282 g/mol. The lowest BCUT2D eigenvalue weighted by Gasteiger charge is -2.56. The van der Waals surface area contributed by atoms with Gasteiger partial charge >= 0.3 is 0 Å². The van der Waals surface area contributed by atoms with Crippen molar-refractivity contribution in [3.63, 3.8) is 0 Å². The minimum atomic E-state index is -0.297. The lowest BCUT2D eigenvalue weighted by atomic mass is 9.58. The molecule has 1 aliphatic heterocycles. The van der Waals surface area contributed by atoms with Crippen molar-refractivity contribution in [3.05, 3.63) is 23.2 Å². The summed E-state index contributed by atoms with van der Waals surface area (Å²) in [4.78, 5) is 14.4. The summed E-state index contributed by atoms with van der Waals surface area (Å²) >= 11 is 0. The van der Waals surface area contributed by atoms with Gasteiger partial charge in [-0.3, -0.25) is 4.79 Å². The van der Waals surface area contributed by atoms with Crippen LogP contribution in [0.2, 0.25) is 0 Å². The van der Waals surface area contributed by atoms with Crippen molar-refractivity contribution < 1.29 is 19.1 Å². The summed E-state index contributed by atoms with van der Waals surface area (Å²) in [6, 6.07) is 1.89. The lowest BCUT2D eigenvalue weighted by Crippen LogP contribution is -2.62. The van der Waals surface area contributed by atoms with Crippen LogP contribution in [0, 0.1) is 19.3 Å². The Morgan fingerprint density at radius 1 is 1.45 bits per heavy atom. The van der Waals surface area contributed by atoms with Gasteiger partial charge in [0.15, 0.2) is 5.76 Å². The normalized spacial score (nSPS) is 27.0. The van der Waals surface area contributed by atoms with E-state index in [1.54, 1.807) is 0 Å². The fourth-order valence-corrected chi connectivity index (χ4v) is 3.94. The van der Waals surface area contributed by atoms with Crippen molar-refractivity contribution in [3.8, 4) is 0 Å². The molecule has 2 aliphatic rings. The van der Waals surface area contributed by atoms with Crippen LogP contribution in [0.3, 0.4) is 0 Å². The highest BCUT2D eigenvalue weighted by atomic mass is 16.5. The number of furan rings is 1. The Hall–Kier alpha value is -1.33. The van der Waals surface area contributed by atoms with Gasteiger partial charge < -0.3 is 19.2 Å². The van der Waals surface area contributed by atoms with Crippen LogP contribution in [0.1, 0.15) is 48.1 Å². The number of nitrogens with zero attached hydrogens (tertiary/aromatic N) is 1. The quantitative estimate of drug-likeness (QED) is 0.930. The van der Waals surface area contributed by atoms with E-state index in [2.05, 4.69) is 0 Å². The molecule has 0 radical (unpaired) electrons. The van der Waals surface area contributed by atoms with Gasteiger partial charge in [0.25, 0.3) is 5.91 Å². The third kappa shape index (κ3) is 2.36. The summed E-state index contributed by atoms with van der Waals surface area (Å²) in [6.07, 6.45) is 2.15. The van der Waals surface area contributed by atoms with Crippen molar-refractivity contribution in [1.82, 2.24) is 4.90 Å². The SMILES string of the molecule is CCOC1CC(O)C12CCN(C(=O)c1oc(C)cc1C)CC2. The summed E-state index contributed by atoms with van der Waals surface area (Å²) < 4.78 is 11.3. The first-order valence-electron chi connectivity index (χ1n) is 8.14. The molecule has 2 fully saturated rings. The molecule has 3 rings (SSSR count). The Kier molecular flexibility index (Phi) is 4.03. The number of carbonyl (C=O) groups excluding carboxylic acids is 1. The topological polar surface area (TPSA) is 62.9 Å². The molecule has 1 saturated carbocycles. The van der Waals surface area contributed by atoms with E-state index in [4.69, 9.17) is 9.15 Å². The lowest BCUT2D eigenvalue weighted by molar-refractivity contribution is -0.207. The average Bonchev–Trinajstić information content (AvgIpc) is 2.85. The summed E-state index contributed by atoms with van der Waals surface area (Å²) in [6.45, 7) is 7.71. The van der Waals surface area contributed by atoms with Crippen LogP contribution in [0.15, 0.2) is 10.5 Å². The third-order valence-corrected chi connectivity index (χ3v) is 5.33. The van der Waals surface area contributed by atoms with Gasteiger partial charge in [-0.2, -0.15) is 0 Å². The van der Waals surface area contributed by atoms with Crippen molar-refractivity contribution in [2.75, 3.05) is 19.7 Å². The van der Waals surface area contributed by atoms with E-state index in [0.29, 0.717) is 25.5 Å². The number of likely N-dealkylation sites (tertiary alicyclic amines) is 1. The fourth-order valence-electron chi connectivity index (χ4n) is 3.94. The molecule has 0 bridgehead atoms. The van der Waals surface area contributed by atoms with Gasteiger partial charge in [0.2, 0.25) is 0 Å². The van der Waals surface area contributed by atoms with E-state index in [1.807, 2.05) is 31.7 Å². The van der Waals surface area contributed by atoms with E-state index in [1.165, 1.54) is 0 Å². The molecule has 2 atom stereocenters. The summed E-state index contributed by atoms with van der Waals surface area (Å²) in [7, 11) is 0. The molecule has 22 heavy (non-hydrogen) atoms. The fraction of sp³-hybridized carbons (Fsp3) is 0.706. The van der Waals surface area contributed by atoms with Crippen molar-refractivity contribution in [1.29, 1.82) is 0 Å².